The Morgan fingerprint density at radius 3 is 3.36 bits per heavy atom. The molecule has 0 spiro atoms. The summed E-state index contributed by atoms with van der Waals surface area (Å²) in [5, 5.41) is 0. The summed E-state index contributed by atoms with van der Waals surface area (Å²) in [7, 11) is 0. The Balaban J connectivity index is 2.82. The molecule has 0 amide bonds. The zero-order valence-electron chi connectivity index (χ0n) is 6.69. The summed E-state index contributed by atoms with van der Waals surface area (Å²) in [6, 6.07) is 3.31. The Morgan fingerprint density at radius 2 is 2.55 bits per heavy atom. The average molecular weight is 147 g/mol. The predicted molar refractivity (Wildman–Crippen MR) is 40.6 cm³/mol. The Hall–Kier alpha value is -1.64. The molecular formula is C8H6N2O. The average Bonchev–Trinajstić information content (AvgIpc) is 2.49. The smallest absolute Gasteiger partial charge is 0.153 e. The summed E-state index contributed by atoms with van der Waals surface area (Å²) >= 11 is 0. The van der Waals surface area contributed by atoms with Crippen molar-refractivity contribution in [3.8, 4) is 0 Å². The number of carbonyl (C=O) groups excluding carboxylic acids is 1. The van der Waals surface area contributed by atoms with Crippen LogP contribution in [0.2, 0.25) is 0 Å². The lowest BCUT2D eigenvalue weighted by molar-refractivity contribution is 0.112. The molecule has 0 atom stereocenters. The van der Waals surface area contributed by atoms with Crippen LogP contribution in [0.3, 0.4) is 0 Å². The number of hydrogen-bond donors (Lipinski definition) is 0. The van der Waals surface area contributed by atoms with Crippen LogP contribution in [0.25, 0.3) is 5.65 Å². The number of carbonyl (C=O) groups is 1. The molecule has 0 aromatic carbocycles. The minimum atomic E-state index is -0.702. The molecule has 3 nitrogen and oxygen atoms in total. The zero-order valence-corrected chi connectivity index (χ0v) is 5.69. The van der Waals surface area contributed by atoms with E-state index in [1.54, 1.807) is 35.1 Å². The van der Waals surface area contributed by atoms with Crippen LogP contribution in [0.1, 0.15) is 11.7 Å². The first-order valence-corrected chi connectivity index (χ1v) is 3.21. The number of pyridine rings is 1. The highest BCUT2D eigenvalue weighted by Crippen LogP contribution is 2.04. The number of rotatable bonds is 1. The van der Waals surface area contributed by atoms with Crippen molar-refractivity contribution >= 4 is 11.9 Å². The minimum absolute atomic E-state index is 0.336. The molecule has 3 heteroatoms. The van der Waals surface area contributed by atoms with Gasteiger partial charge in [0.1, 0.15) is 7.02 Å². The highest BCUT2D eigenvalue weighted by Gasteiger charge is 1.97. The third-order valence-electron chi connectivity index (χ3n) is 1.53. The van der Waals surface area contributed by atoms with E-state index in [4.69, 9.17) is 1.37 Å². The van der Waals surface area contributed by atoms with Crippen molar-refractivity contribution in [2.24, 2.45) is 0 Å². The molecule has 0 fully saturated rings. The van der Waals surface area contributed by atoms with E-state index >= 15 is 0 Å². The largest absolute Gasteiger partial charge is 0.307 e. The van der Waals surface area contributed by atoms with Crippen molar-refractivity contribution in [1.82, 2.24) is 9.38 Å². The summed E-state index contributed by atoms with van der Waals surface area (Å²) in [5.74, 6) is 0. The second-order valence-electron chi connectivity index (χ2n) is 2.18. The SMILES string of the molecule is [2H]C(=O)c1cccn2ccnc12. The summed E-state index contributed by atoms with van der Waals surface area (Å²) in [6.45, 7) is 0. The molecule has 2 aromatic rings. The van der Waals surface area contributed by atoms with E-state index in [0.29, 0.717) is 11.2 Å². The lowest BCUT2D eigenvalue weighted by Gasteiger charge is -1.93. The number of fused-ring (bicyclic) bond motifs is 1. The summed E-state index contributed by atoms with van der Waals surface area (Å²) in [5.41, 5.74) is 0.875. The maximum Gasteiger partial charge on any atom is 0.153 e. The van der Waals surface area contributed by atoms with Crippen molar-refractivity contribution in [1.29, 1.82) is 0 Å². The van der Waals surface area contributed by atoms with E-state index in [1.807, 2.05) is 0 Å². The molecule has 0 N–H and O–H groups in total. The van der Waals surface area contributed by atoms with E-state index in [0.717, 1.165) is 0 Å². The Bertz CT molecular complexity index is 435. The fraction of sp³-hybridized carbons (Fsp3) is 0. The lowest BCUT2D eigenvalue weighted by Crippen LogP contribution is -1.88. The molecule has 2 rings (SSSR count). The first-order chi connectivity index (χ1) is 5.79. The van der Waals surface area contributed by atoms with E-state index in [9.17, 15) is 4.79 Å². The van der Waals surface area contributed by atoms with Gasteiger partial charge in [0.05, 0.1) is 5.56 Å². The van der Waals surface area contributed by atoms with Crippen LogP contribution >= 0.6 is 0 Å². The molecule has 0 aliphatic rings. The Morgan fingerprint density at radius 1 is 1.64 bits per heavy atom. The van der Waals surface area contributed by atoms with Crippen LogP contribution in [-0.2, 0) is 0 Å². The van der Waals surface area contributed by atoms with Gasteiger partial charge < -0.3 is 4.40 Å². The normalized spacial score (nSPS) is 11.5. The van der Waals surface area contributed by atoms with Gasteiger partial charge >= 0.3 is 0 Å². The van der Waals surface area contributed by atoms with Crippen molar-refractivity contribution in [3.05, 3.63) is 36.3 Å². The monoisotopic (exact) mass is 147 g/mol. The number of aldehydes is 1. The zero-order chi connectivity index (χ0) is 8.55. The molecule has 0 bridgehead atoms. The molecule has 0 radical (unpaired) electrons. The predicted octanol–water partition coefficient (Wildman–Crippen LogP) is 1.15. The summed E-state index contributed by atoms with van der Waals surface area (Å²) in [4.78, 5) is 14.7. The van der Waals surface area contributed by atoms with E-state index in [2.05, 4.69) is 4.98 Å². The Kier molecular flexibility index (Phi) is 1.01. The number of aromatic nitrogens is 2. The van der Waals surface area contributed by atoms with Crippen LogP contribution in [0.15, 0.2) is 30.7 Å². The van der Waals surface area contributed by atoms with Crippen molar-refractivity contribution in [2.75, 3.05) is 0 Å². The van der Waals surface area contributed by atoms with Gasteiger partial charge in [-0.2, -0.15) is 0 Å². The molecule has 2 aromatic heterocycles. The molecule has 54 valence electrons. The second-order valence-corrected chi connectivity index (χ2v) is 2.18. The van der Waals surface area contributed by atoms with Gasteiger partial charge in [-0.1, -0.05) is 0 Å². The molecule has 0 saturated heterocycles. The molecule has 2 heterocycles. The van der Waals surface area contributed by atoms with Crippen LogP contribution in [0.5, 0.6) is 0 Å². The quantitative estimate of drug-likeness (QED) is 0.567. The van der Waals surface area contributed by atoms with Gasteiger partial charge in [0.2, 0.25) is 0 Å². The van der Waals surface area contributed by atoms with Crippen LogP contribution in [0.4, 0.5) is 0 Å². The topological polar surface area (TPSA) is 34.4 Å². The minimum Gasteiger partial charge on any atom is -0.307 e. The van der Waals surface area contributed by atoms with Crippen molar-refractivity contribution in [3.63, 3.8) is 0 Å². The van der Waals surface area contributed by atoms with Crippen LogP contribution < -0.4 is 0 Å². The molecular weight excluding hydrogens is 140 g/mol. The molecule has 0 aliphatic heterocycles. The van der Waals surface area contributed by atoms with Gasteiger partial charge in [-0.05, 0) is 12.1 Å². The number of imidazole rings is 1. The van der Waals surface area contributed by atoms with Crippen molar-refractivity contribution < 1.29 is 6.17 Å². The maximum atomic E-state index is 10.8. The van der Waals surface area contributed by atoms with E-state index < -0.39 is 6.26 Å². The number of hydrogen-bond acceptors (Lipinski definition) is 2. The van der Waals surface area contributed by atoms with Gasteiger partial charge in [0.15, 0.2) is 6.26 Å². The van der Waals surface area contributed by atoms with E-state index in [1.165, 1.54) is 0 Å². The molecule has 11 heavy (non-hydrogen) atoms. The van der Waals surface area contributed by atoms with Crippen LogP contribution in [0, 0.1) is 0 Å². The van der Waals surface area contributed by atoms with Gasteiger partial charge in [-0.15, -0.1) is 0 Å². The molecule has 0 unspecified atom stereocenters. The molecule has 0 saturated carbocycles. The molecule has 0 aliphatic carbocycles. The van der Waals surface area contributed by atoms with Gasteiger partial charge in [0.25, 0.3) is 0 Å². The second kappa shape index (κ2) is 2.20. The third-order valence-corrected chi connectivity index (χ3v) is 1.53. The van der Waals surface area contributed by atoms with Crippen LogP contribution in [-0.4, -0.2) is 15.6 Å². The third kappa shape index (κ3) is 0.816. The standard InChI is InChI=1S/C8H6N2O/c11-6-7-2-1-4-10-5-3-9-8(7)10/h1-6H/i6D. The van der Waals surface area contributed by atoms with Crippen molar-refractivity contribution in [2.45, 2.75) is 0 Å². The summed E-state index contributed by atoms with van der Waals surface area (Å²) in [6.07, 6.45) is 4.42. The fourth-order valence-corrected chi connectivity index (χ4v) is 1.03. The van der Waals surface area contributed by atoms with Gasteiger partial charge in [-0.3, -0.25) is 4.79 Å². The first-order valence-electron chi connectivity index (χ1n) is 3.71. The number of nitrogens with zero attached hydrogens (tertiary/aromatic N) is 2. The summed E-state index contributed by atoms with van der Waals surface area (Å²) < 4.78 is 8.66. The highest BCUT2D eigenvalue weighted by atomic mass is 16.1. The van der Waals surface area contributed by atoms with E-state index in [-0.39, 0.29) is 0 Å². The lowest BCUT2D eigenvalue weighted by atomic mass is 10.3. The highest BCUT2D eigenvalue weighted by molar-refractivity contribution is 5.83. The van der Waals surface area contributed by atoms with Gasteiger partial charge in [-0.25, -0.2) is 4.98 Å². The fourth-order valence-electron chi connectivity index (χ4n) is 1.03. The van der Waals surface area contributed by atoms with Gasteiger partial charge in [0, 0.05) is 18.6 Å². The first kappa shape index (κ1) is 5.07. The maximum absolute atomic E-state index is 10.8. The Labute approximate surface area is 64.7 Å².